The van der Waals surface area contributed by atoms with Crippen molar-refractivity contribution in [2.75, 3.05) is 52.8 Å². The summed E-state index contributed by atoms with van der Waals surface area (Å²) in [5.41, 5.74) is 1.00. The Labute approximate surface area is 172 Å². The van der Waals surface area contributed by atoms with Gasteiger partial charge in [-0.05, 0) is 37.6 Å². The van der Waals surface area contributed by atoms with E-state index in [0.717, 1.165) is 24.3 Å². The standard InChI is InChI=1S/C23H37NO4.H2/c1-5-21(4)24-12-13-25-14-15-26-16-17-27-18-19-28-23-10-8-22(9-11-23)7-6-20(2)3;/h8-11,20-21,24H,5,12-19H2,1-4H3;1H. The van der Waals surface area contributed by atoms with E-state index in [9.17, 15) is 0 Å². The van der Waals surface area contributed by atoms with Gasteiger partial charge in [-0.3, -0.25) is 0 Å². The van der Waals surface area contributed by atoms with E-state index >= 15 is 0 Å². The molecule has 0 radical (unpaired) electrons. The van der Waals surface area contributed by atoms with Crippen molar-refractivity contribution in [2.45, 2.75) is 40.2 Å². The summed E-state index contributed by atoms with van der Waals surface area (Å²) in [5, 5.41) is 3.38. The van der Waals surface area contributed by atoms with Crippen LogP contribution in [0.3, 0.4) is 0 Å². The predicted octanol–water partition coefficient (Wildman–Crippen LogP) is 3.76. The van der Waals surface area contributed by atoms with Crippen molar-refractivity contribution in [3.05, 3.63) is 29.8 Å². The second kappa shape index (κ2) is 16.4. The molecule has 160 valence electrons. The highest BCUT2D eigenvalue weighted by molar-refractivity contribution is 5.38. The first-order valence-electron chi connectivity index (χ1n) is 10.3. The molecule has 0 saturated carbocycles. The Hall–Kier alpha value is -1.58. The second-order valence-electron chi connectivity index (χ2n) is 6.90. The smallest absolute Gasteiger partial charge is 0.119 e. The van der Waals surface area contributed by atoms with Crippen molar-refractivity contribution in [3.8, 4) is 17.6 Å². The van der Waals surface area contributed by atoms with E-state index in [2.05, 4.69) is 44.9 Å². The first kappa shape index (κ1) is 24.5. The Morgan fingerprint density at radius 3 is 2.00 bits per heavy atom. The molecule has 1 rings (SSSR count). The van der Waals surface area contributed by atoms with Gasteiger partial charge in [0.1, 0.15) is 12.4 Å². The molecule has 0 fully saturated rings. The number of nitrogens with one attached hydrogen (secondary N) is 1. The minimum atomic E-state index is 0. The topological polar surface area (TPSA) is 49.0 Å². The van der Waals surface area contributed by atoms with Gasteiger partial charge in [0.25, 0.3) is 0 Å². The SMILES string of the molecule is CCC(C)NCCOCCOCCOCCOc1ccc(C#CC(C)C)cc1.[HH]. The van der Waals surface area contributed by atoms with Crippen molar-refractivity contribution in [1.82, 2.24) is 5.32 Å². The van der Waals surface area contributed by atoms with Gasteiger partial charge in [0, 0.05) is 25.5 Å². The van der Waals surface area contributed by atoms with Crippen molar-refractivity contribution in [1.29, 1.82) is 0 Å². The highest BCUT2D eigenvalue weighted by Crippen LogP contribution is 2.11. The number of benzene rings is 1. The molecule has 1 N–H and O–H groups in total. The number of ether oxygens (including phenoxy) is 4. The minimum absolute atomic E-state index is 0. The highest BCUT2D eigenvalue weighted by Gasteiger charge is 1.97. The van der Waals surface area contributed by atoms with Gasteiger partial charge >= 0.3 is 0 Å². The van der Waals surface area contributed by atoms with E-state index in [0.29, 0.717) is 58.2 Å². The van der Waals surface area contributed by atoms with Gasteiger partial charge < -0.3 is 24.3 Å². The summed E-state index contributed by atoms with van der Waals surface area (Å²) >= 11 is 0. The lowest BCUT2D eigenvalue weighted by molar-refractivity contribution is 0.00966. The quantitative estimate of drug-likeness (QED) is 0.363. The third kappa shape index (κ3) is 13.6. The Kier molecular flexibility index (Phi) is 14.3. The molecule has 0 heterocycles. The zero-order valence-electron chi connectivity index (χ0n) is 18.0. The third-order valence-electron chi connectivity index (χ3n) is 3.95. The van der Waals surface area contributed by atoms with Crippen LogP contribution < -0.4 is 10.1 Å². The summed E-state index contributed by atoms with van der Waals surface area (Å²) in [7, 11) is 0. The average Bonchev–Trinajstić information content (AvgIpc) is 2.70. The van der Waals surface area contributed by atoms with Crippen LogP contribution >= 0.6 is 0 Å². The van der Waals surface area contributed by atoms with Crippen molar-refractivity contribution in [2.24, 2.45) is 5.92 Å². The molecule has 1 unspecified atom stereocenters. The monoisotopic (exact) mass is 393 g/mol. The summed E-state index contributed by atoms with van der Waals surface area (Å²) in [6.07, 6.45) is 1.13. The molecule has 28 heavy (non-hydrogen) atoms. The Morgan fingerprint density at radius 2 is 1.43 bits per heavy atom. The van der Waals surface area contributed by atoms with Crippen LogP contribution in [0, 0.1) is 17.8 Å². The van der Waals surface area contributed by atoms with E-state index in [1.54, 1.807) is 0 Å². The van der Waals surface area contributed by atoms with Crippen LogP contribution in [-0.4, -0.2) is 58.8 Å². The molecule has 0 spiro atoms. The lowest BCUT2D eigenvalue weighted by Gasteiger charge is -2.11. The lowest BCUT2D eigenvalue weighted by atomic mass is 10.2. The van der Waals surface area contributed by atoms with E-state index in [1.165, 1.54) is 0 Å². The van der Waals surface area contributed by atoms with E-state index in [-0.39, 0.29) is 1.43 Å². The fourth-order valence-corrected chi connectivity index (χ4v) is 2.14. The van der Waals surface area contributed by atoms with Crippen LogP contribution in [0.2, 0.25) is 0 Å². The maximum absolute atomic E-state index is 5.65. The van der Waals surface area contributed by atoms with Gasteiger partial charge in [-0.1, -0.05) is 32.6 Å². The van der Waals surface area contributed by atoms with Crippen molar-refractivity contribution in [3.63, 3.8) is 0 Å². The molecule has 0 aliphatic rings. The molecule has 0 aliphatic heterocycles. The van der Waals surface area contributed by atoms with E-state index in [4.69, 9.17) is 18.9 Å². The summed E-state index contributed by atoms with van der Waals surface area (Å²) in [4.78, 5) is 0. The first-order valence-corrected chi connectivity index (χ1v) is 10.3. The summed E-state index contributed by atoms with van der Waals surface area (Å²) in [6.45, 7) is 13.5. The van der Waals surface area contributed by atoms with Crippen molar-refractivity contribution < 1.29 is 20.4 Å². The molecular weight excluding hydrogens is 354 g/mol. The summed E-state index contributed by atoms with van der Waals surface area (Å²) < 4.78 is 22.1. The van der Waals surface area contributed by atoms with Gasteiger partial charge in [-0.15, -0.1) is 0 Å². The zero-order chi connectivity index (χ0) is 20.5. The van der Waals surface area contributed by atoms with E-state index < -0.39 is 0 Å². The maximum Gasteiger partial charge on any atom is 0.119 e. The largest absolute Gasteiger partial charge is 0.491 e. The molecular formula is C23H39NO4. The molecule has 0 saturated heterocycles. The van der Waals surface area contributed by atoms with Gasteiger partial charge in [-0.25, -0.2) is 0 Å². The normalized spacial score (nSPS) is 11.9. The average molecular weight is 394 g/mol. The minimum Gasteiger partial charge on any atom is -0.491 e. The zero-order valence-corrected chi connectivity index (χ0v) is 18.0. The predicted molar refractivity (Wildman–Crippen MR) is 116 cm³/mol. The van der Waals surface area contributed by atoms with Crippen LogP contribution in [0.25, 0.3) is 0 Å². The summed E-state index contributed by atoms with van der Waals surface area (Å²) in [6, 6.07) is 8.37. The van der Waals surface area contributed by atoms with Gasteiger partial charge in [0.2, 0.25) is 0 Å². The first-order chi connectivity index (χ1) is 13.6. The van der Waals surface area contributed by atoms with Gasteiger partial charge in [0.05, 0.1) is 39.6 Å². The number of rotatable bonds is 15. The molecule has 5 nitrogen and oxygen atoms in total. The lowest BCUT2D eigenvalue weighted by Crippen LogP contribution is -2.29. The van der Waals surface area contributed by atoms with Crippen LogP contribution in [-0.2, 0) is 14.2 Å². The van der Waals surface area contributed by atoms with Gasteiger partial charge in [0.15, 0.2) is 0 Å². The fourth-order valence-electron chi connectivity index (χ4n) is 2.14. The second-order valence-corrected chi connectivity index (χ2v) is 6.90. The highest BCUT2D eigenvalue weighted by atomic mass is 16.6. The van der Waals surface area contributed by atoms with Crippen LogP contribution in [0.4, 0.5) is 0 Å². The molecule has 0 bridgehead atoms. The molecule has 5 heteroatoms. The maximum atomic E-state index is 5.65. The summed E-state index contributed by atoms with van der Waals surface area (Å²) in [5.74, 6) is 7.49. The molecule has 1 atom stereocenters. The Bertz CT molecular complexity index is 554. The molecule has 1 aromatic carbocycles. The number of hydrogen-bond acceptors (Lipinski definition) is 5. The Morgan fingerprint density at radius 1 is 0.857 bits per heavy atom. The third-order valence-corrected chi connectivity index (χ3v) is 3.95. The van der Waals surface area contributed by atoms with Crippen LogP contribution in [0.1, 0.15) is 41.1 Å². The van der Waals surface area contributed by atoms with E-state index in [1.807, 2.05) is 24.3 Å². The fraction of sp³-hybridized carbons (Fsp3) is 0.652. The van der Waals surface area contributed by atoms with Crippen molar-refractivity contribution >= 4 is 0 Å². The molecule has 0 aliphatic carbocycles. The molecule has 1 aromatic rings. The molecule has 0 amide bonds. The number of hydrogen-bond donors (Lipinski definition) is 1. The van der Waals surface area contributed by atoms with Crippen LogP contribution in [0.5, 0.6) is 5.75 Å². The Balaban J connectivity index is 0.00000784. The molecule has 0 aromatic heterocycles. The van der Waals surface area contributed by atoms with Gasteiger partial charge in [-0.2, -0.15) is 0 Å². The van der Waals surface area contributed by atoms with Crippen LogP contribution in [0.15, 0.2) is 24.3 Å².